The molecule has 112 valence electrons. The molecule has 1 saturated heterocycles. The van der Waals surface area contributed by atoms with Crippen molar-refractivity contribution in [3.05, 3.63) is 52.2 Å². The van der Waals surface area contributed by atoms with Crippen LogP contribution in [0, 0.1) is 6.92 Å². The maximum atomic E-state index is 12.9. The number of benzene rings is 1. The molecular weight excluding hydrogens is 302 g/mol. The molecule has 1 aliphatic heterocycles. The molecule has 3 nitrogen and oxygen atoms in total. The molecule has 1 fully saturated rings. The van der Waals surface area contributed by atoms with E-state index >= 15 is 0 Å². The maximum absolute atomic E-state index is 12.9. The summed E-state index contributed by atoms with van der Waals surface area (Å²) in [6.07, 6.45) is 2.92. The number of nitrogens with zero attached hydrogens (tertiary/aromatic N) is 1. The minimum atomic E-state index is -3.42. The van der Waals surface area contributed by atoms with Crippen LogP contribution in [-0.4, -0.2) is 19.3 Å². The fourth-order valence-corrected chi connectivity index (χ4v) is 5.23. The Morgan fingerprint density at radius 1 is 1.14 bits per heavy atom. The number of rotatable bonds is 3. The van der Waals surface area contributed by atoms with Crippen molar-refractivity contribution in [2.45, 2.75) is 37.1 Å². The van der Waals surface area contributed by atoms with Crippen LogP contribution in [0.2, 0.25) is 0 Å². The van der Waals surface area contributed by atoms with Crippen LogP contribution in [0.4, 0.5) is 0 Å². The van der Waals surface area contributed by atoms with Crippen molar-refractivity contribution in [1.29, 1.82) is 0 Å². The molecule has 0 spiro atoms. The van der Waals surface area contributed by atoms with Crippen LogP contribution < -0.4 is 0 Å². The van der Waals surface area contributed by atoms with Crippen LogP contribution in [0.1, 0.15) is 36.4 Å². The molecule has 1 atom stereocenters. The van der Waals surface area contributed by atoms with Crippen LogP contribution >= 0.6 is 11.3 Å². The van der Waals surface area contributed by atoms with Gasteiger partial charge in [-0.05, 0) is 54.3 Å². The third-order valence-corrected chi connectivity index (χ3v) is 6.63. The van der Waals surface area contributed by atoms with Gasteiger partial charge in [0.1, 0.15) is 0 Å². The quantitative estimate of drug-likeness (QED) is 0.857. The second-order valence-electron chi connectivity index (χ2n) is 5.50. The molecule has 0 radical (unpaired) electrons. The van der Waals surface area contributed by atoms with Crippen molar-refractivity contribution in [1.82, 2.24) is 4.31 Å². The van der Waals surface area contributed by atoms with Crippen molar-refractivity contribution in [2.24, 2.45) is 0 Å². The summed E-state index contributed by atoms with van der Waals surface area (Å²) < 4.78 is 27.6. The van der Waals surface area contributed by atoms with Gasteiger partial charge in [0.25, 0.3) is 0 Å². The highest BCUT2D eigenvalue weighted by molar-refractivity contribution is 7.89. The van der Waals surface area contributed by atoms with Gasteiger partial charge in [0, 0.05) is 6.54 Å². The molecule has 0 amide bonds. The summed E-state index contributed by atoms with van der Waals surface area (Å²) >= 11 is 1.62. The number of piperidine rings is 1. The first-order chi connectivity index (χ1) is 10.1. The Morgan fingerprint density at radius 3 is 2.57 bits per heavy atom. The molecule has 1 aromatic heterocycles. The van der Waals surface area contributed by atoms with E-state index in [1.165, 1.54) is 0 Å². The summed E-state index contributed by atoms with van der Waals surface area (Å²) in [5.41, 5.74) is 2.19. The van der Waals surface area contributed by atoms with E-state index in [1.807, 2.05) is 30.5 Å². The van der Waals surface area contributed by atoms with Gasteiger partial charge in [0.15, 0.2) is 0 Å². The van der Waals surface area contributed by atoms with E-state index in [0.717, 1.165) is 30.4 Å². The lowest BCUT2D eigenvalue weighted by atomic mass is 10.0. The highest BCUT2D eigenvalue weighted by Gasteiger charge is 2.34. The van der Waals surface area contributed by atoms with E-state index in [1.54, 1.807) is 27.8 Å². The molecule has 1 aliphatic rings. The molecule has 0 aliphatic carbocycles. The minimum Gasteiger partial charge on any atom is -0.207 e. The van der Waals surface area contributed by atoms with Gasteiger partial charge in [0.05, 0.1) is 10.9 Å². The molecular formula is C16H19NO2S2. The number of aryl methyl sites for hydroxylation is 1. The van der Waals surface area contributed by atoms with Crippen molar-refractivity contribution in [2.75, 3.05) is 6.54 Å². The molecule has 1 aromatic carbocycles. The lowest BCUT2D eigenvalue weighted by molar-refractivity contribution is 0.256. The number of thiophene rings is 1. The second kappa shape index (κ2) is 5.91. The topological polar surface area (TPSA) is 37.4 Å². The van der Waals surface area contributed by atoms with E-state index in [0.29, 0.717) is 11.4 Å². The largest absolute Gasteiger partial charge is 0.243 e. The fourth-order valence-electron chi connectivity index (χ4n) is 2.84. The molecule has 21 heavy (non-hydrogen) atoms. The van der Waals surface area contributed by atoms with Gasteiger partial charge in [-0.15, -0.1) is 0 Å². The summed E-state index contributed by atoms with van der Waals surface area (Å²) in [7, 11) is -3.42. The van der Waals surface area contributed by atoms with E-state index in [2.05, 4.69) is 5.38 Å². The number of hydrogen-bond donors (Lipinski definition) is 0. The maximum Gasteiger partial charge on any atom is 0.243 e. The Labute approximate surface area is 130 Å². The van der Waals surface area contributed by atoms with Gasteiger partial charge < -0.3 is 0 Å². The monoisotopic (exact) mass is 321 g/mol. The number of hydrogen-bond acceptors (Lipinski definition) is 3. The van der Waals surface area contributed by atoms with Crippen LogP contribution in [0.25, 0.3) is 0 Å². The number of sulfonamides is 1. The minimum absolute atomic E-state index is 0.0173. The molecule has 2 aromatic rings. The van der Waals surface area contributed by atoms with Gasteiger partial charge in [-0.2, -0.15) is 15.6 Å². The van der Waals surface area contributed by atoms with Gasteiger partial charge in [-0.25, -0.2) is 8.42 Å². The van der Waals surface area contributed by atoms with Gasteiger partial charge in [-0.3, -0.25) is 0 Å². The summed E-state index contributed by atoms with van der Waals surface area (Å²) in [5, 5.41) is 4.08. The molecule has 5 heteroatoms. The highest BCUT2D eigenvalue weighted by atomic mass is 32.2. The average molecular weight is 321 g/mol. The molecule has 0 bridgehead atoms. The molecule has 0 N–H and O–H groups in total. The SMILES string of the molecule is Cc1ccc(S(=O)(=O)N2CCCCC2c2ccsc2)cc1. The molecule has 2 heterocycles. The van der Waals surface area contributed by atoms with E-state index in [9.17, 15) is 8.42 Å². The third kappa shape index (κ3) is 2.91. The fraction of sp³-hybridized carbons (Fsp3) is 0.375. The van der Waals surface area contributed by atoms with Crippen molar-refractivity contribution < 1.29 is 8.42 Å². The van der Waals surface area contributed by atoms with E-state index < -0.39 is 10.0 Å². The van der Waals surface area contributed by atoms with Crippen LogP contribution in [0.15, 0.2) is 46.0 Å². The molecule has 1 unspecified atom stereocenters. The van der Waals surface area contributed by atoms with Gasteiger partial charge in [0.2, 0.25) is 10.0 Å². The lowest BCUT2D eigenvalue weighted by Gasteiger charge is -2.34. The molecule has 0 saturated carbocycles. The Morgan fingerprint density at radius 2 is 1.90 bits per heavy atom. The molecule has 3 rings (SSSR count). The summed E-state index contributed by atoms with van der Waals surface area (Å²) in [6.45, 7) is 2.57. The highest BCUT2D eigenvalue weighted by Crippen LogP contribution is 2.36. The standard InChI is InChI=1S/C16H19NO2S2/c1-13-5-7-15(8-6-13)21(18,19)17-10-3-2-4-16(17)14-9-11-20-12-14/h5-9,11-12,16H,2-4,10H2,1H3. The lowest BCUT2D eigenvalue weighted by Crippen LogP contribution is -2.38. The van der Waals surface area contributed by atoms with Crippen LogP contribution in [-0.2, 0) is 10.0 Å². The van der Waals surface area contributed by atoms with E-state index in [4.69, 9.17) is 0 Å². The van der Waals surface area contributed by atoms with E-state index in [-0.39, 0.29) is 6.04 Å². The Hall–Kier alpha value is -1.17. The second-order valence-corrected chi connectivity index (χ2v) is 8.17. The van der Waals surface area contributed by atoms with Gasteiger partial charge >= 0.3 is 0 Å². The van der Waals surface area contributed by atoms with Crippen LogP contribution in [0.5, 0.6) is 0 Å². The van der Waals surface area contributed by atoms with Crippen LogP contribution in [0.3, 0.4) is 0 Å². The predicted octanol–water partition coefficient (Wildman–Crippen LogP) is 3.97. The normalized spacial score (nSPS) is 20.5. The van der Waals surface area contributed by atoms with Crippen molar-refractivity contribution >= 4 is 21.4 Å². The summed E-state index contributed by atoms with van der Waals surface area (Å²) in [4.78, 5) is 0.398. The Balaban J connectivity index is 1.97. The average Bonchev–Trinajstić information content (AvgIpc) is 3.02. The zero-order valence-corrected chi connectivity index (χ0v) is 13.7. The first-order valence-corrected chi connectivity index (χ1v) is 9.58. The van der Waals surface area contributed by atoms with Crippen molar-refractivity contribution in [3.63, 3.8) is 0 Å². The third-order valence-electron chi connectivity index (χ3n) is 4.01. The zero-order chi connectivity index (χ0) is 14.9. The smallest absolute Gasteiger partial charge is 0.207 e. The first-order valence-electron chi connectivity index (χ1n) is 7.19. The zero-order valence-electron chi connectivity index (χ0n) is 12.0. The summed E-state index contributed by atoms with van der Waals surface area (Å²) in [6, 6.07) is 9.16. The Bertz CT molecular complexity index is 690. The van der Waals surface area contributed by atoms with Crippen molar-refractivity contribution in [3.8, 4) is 0 Å². The first kappa shape index (κ1) is 14.8. The summed E-state index contributed by atoms with van der Waals surface area (Å²) in [5.74, 6) is 0. The van der Waals surface area contributed by atoms with Gasteiger partial charge in [-0.1, -0.05) is 24.1 Å². The Kier molecular flexibility index (Phi) is 4.15. The predicted molar refractivity (Wildman–Crippen MR) is 86.0 cm³/mol.